The van der Waals surface area contributed by atoms with Crippen molar-refractivity contribution in [3.05, 3.63) is 71.2 Å². The van der Waals surface area contributed by atoms with E-state index in [2.05, 4.69) is 33.6 Å². The number of hydrogen-bond acceptors (Lipinski definition) is 4. The average molecular weight is 278 g/mol. The lowest BCUT2D eigenvalue weighted by Gasteiger charge is -2.18. The molecule has 1 aromatic carbocycles. The summed E-state index contributed by atoms with van der Waals surface area (Å²) < 4.78 is 0. The van der Waals surface area contributed by atoms with Crippen LogP contribution in [0.1, 0.15) is 28.4 Å². The van der Waals surface area contributed by atoms with Crippen molar-refractivity contribution in [1.82, 2.24) is 15.4 Å². The molecule has 106 valence electrons. The highest BCUT2D eigenvalue weighted by Gasteiger charge is 2.17. The monoisotopic (exact) mass is 278 g/mol. The van der Waals surface area contributed by atoms with Gasteiger partial charge in [0.05, 0.1) is 17.3 Å². The van der Waals surface area contributed by atoms with Gasteiger partial charge >= 0.3 is 0 Å². The van der Waals surface area contributed by atoms with Gasteiger partial charge in [0, 0.05) is 17.8 Å². The molecule has 4 heteroatoms. The number of nitrogens with zero attached hydrogens (tertiary/aromatic N) is 2. The number of aryl methyl sites for hydroxylation is 2. The Labute approximate surface area is 124 Å². The van der Waals surface area contributed by atoms with Crippen molar-refractivity contribution >= 4 is 10.9 Å². The molecule has 3 aromatic rings. The summed E-state index contributed by atoms with van der Waals surface area (Å²) in [5.74, 6) is 5.77. The fraction of sp³-hybridized carbons (Fsp3) is 0.176. The number of hydrogen-bond donors (Lipinski definition) is 2. The minimum absolute atomic E-state index is 0.164. The third-order valence-electron chi connectivity index (χ3n) is 3.64. The number of hydrazine groups is 1. The SMILES string of the molecule is Cc1cnc(C(NN)c2cnc3ccccc3c2)c(C)c1. The first-order valence-corrected chi connectivity index (χ1v) is 6.93. The number of aromatic nitrogens is 2. The van der Waals surface area contributed by atoms with Crippen LogP contribution in [0.25, 0.3) is 10.9 Å². The lowest BCUT2D eigenvalue weighted by molar-refractivity contribution is 0.615. The molecule has 2 aromatic heterocycles. The number of para-hydroxylation sites is 1. The number of nitrogens with one attached hydrogen (secondary N) is 1. The van der Waals surface area contributed by atoms with E-state index in [-0.39, 0.29) is 6.04 Å². The summed E-state index contributed by atoms with van der Waals surface area (Å²) >= 11 is 0. The Hall–Kier alpha value is -2.30. The van der Waals surface area contributed by atoms with E-state index in [4.69, 9.17) is 5.84 Å². The molecular formula is C17H18N4. The molecule has 21 heavy (non-hydrogen) atoms. The molecule has 0 radical (unpaired) electrons. The highest BCUT2D eigenvalue weighted by atomic mass is 15.2. The van der Waals surface area contributed by atoms with E-state index < -0.39 is 0 Å². The number of nitrogens with two attached hydrogens (primary N) is 1. The molecule has 0 aliphatic carbocycles. The molecule has 0 bridgehead atoms. The second-order valence-electron chi connectivity index (χ2n) is 5.28. The van der Waals surface area contributed by atoms with Gasteiger partial charge in [0.25, 0.3) is 0 Å². The first-order chi connectivity index (χ1) is 10.2. The normalized spacial score (nSPS) is 12.5. The number of rotatable bonds is 3. The maximum atomic E-state index is 5.77. The predicted octanol–water partition coefficient (Wildman–Crippen LogP) is 2.80. The molecule has 3 rings (SSSR count). The molecule has 1 atom stereocenters. The van der Waals surface area contributed by atoms with Gasteiger partial charge in [-0.25, -0.2) is 5.43 Å². The average Bonchev–Trinajstić information content (AvgIpc) is 2.50. The molecule has 0 fully saturated rings. The molecule has 0 aliphatic rings. The first-order valence-electron chi connectivity index (χ1n) is 6.93. The fourth-order valence-electron chi connectivity index (χ4n) is 2.61. The van der Waals surface area contributed by atoms with Crippen LogP contribution >= 0.6 is 0 Å². The van der Waals surface area contributed by atoms with Crippen molar-refractivity contribution in [2.75, 3.05) is 0 Å². The minimum Gasteiger partial charge on any atom is -0.271 e. The van der Waals surface area contributed by atoms with Gasteiger partial charge in [-0.05, 0) is 42.7 Å². The van der Waals surface area contributed by atoms with Gasteiger partial charge in [-0.3, -0.25) is 15.8 Å². The maximum Gasteiger partial charge on any atom is 0.0899 e. The molecule has 1 unspecified atom stereocenters. The quantitative estimate of drug-likeness (QED) is 0.571. The van der Waals surface area contributed by atoms with Crippen molar-refractivity contribution in [3.63, 3.8) is 0 Å². The van der Waals surface area contributed by atoms with E-state index in [9.17, 15) is 0 Å². The molecule has 4 nitrogen and oxygen atoms in total. The largest absolute Gasteiger partial charge is 0.271 e. The van der Waals surface area contributed by atoms with Crippen molar-refractivity contribution in [2.24, 2.45) is 5.84 Å². The van der Waals surface area contributed by atoms with Gasteiger partial charge < -0.3 is 0 Å². The van der Waals surface area contributed by atoms with Crippen LogP contribution in [-0.4, -0.2) is 9.97 Å². The Balaban J connectivity index is 2.09. The van der Waals surface area contributed by atoms with E-state index >= 15 is 0 Å². The molecule has 2 heterocycles. The first kappa shape index (κ1) is 13.7. The van der Waals surface area contributed by atoms with Gasteiger partial charge in [0.2, 0.25) is 0 Å². The van der Waals surface area contributed by atoms with Gasteiger partial charge in [0.15, 0.2) is 0 Å². The Bertz CT molecular complexity index is 783. The van der Waals surface area contributed by atoms with Crippen LogP contribution in [0, 0.1) is 13.8 Å². The highest BCUT2D eigenvalue weighted by Crippen LogP contribution is 2.24. The van der Waals surface area contributed by atoms with E-state index in [0.29, 0.717) is 0 Å². The standard InChI is InChI=1S/C17H18N4/c1-11-7-12(2)16(20-9-11)17(21-18)14-8-13-5-3-4-6-15(13)19-10-14/h3-10,17,21H,18H2,1-2H3. The van der Waals surface area contributed by atoms with E-state index in [0.717, 1.165) is 33.3 Å². The Morgan fingerprint density at radius 2 is 1.86 bits per heavy atom. The summed E-state index contributed by atoms with van der Waals surface area (Å²) in [5.41, 5.74) is 8.03. The second-order valence-corrected chi connectivity index (χ2v) is 5.28. The molecule has 0 saturated carbocycles. The van der Waals surface area contributed by atoms with Gasteiger partial charge in [-0.2, -0.15) is 0 Å². The summed E-state index contributed by atoms with van der Waals surface area (Å²) in [6.07, 6.45) is 3.72. The smallest absolute Gasteiger partial charge is 0.0899 e. The van der Waals surface area contributed by atoms with Crippen LogP contribution in [0.4, 0.5) is 0 Å². The summed E-state index contributed by atoms with van der Waals surface area (Å²) in [5, 5.41) is 1.10. The Morgan fingerprint density at radius 1 is 1.05 bits per heavy atom. The van der Waals surface area contributed by atoms with Crippen LogP contribution in [0.5, 0.6) is 0 Å². The summed E-state index contributed by atoms with van der Waals surface area (Å²) in [7, 11) is 0. The lowest BCUT2D eigenvalue weighted by Crippen LogP contribution is -2.30. The summed E-state index contributed by atoms with van der Waals surface area (Å²) in [4.78, 5) is 9.03. The molecule has 0 saturated heterocycles. The van der Waals surface area contributed by atoms with E-state index in [1.807, 2.05) is 44.4 Å². The summed E-state index contributed by atoms with van der Waals surface area (Å²) in [6.45, 7) is 4.08. The zero-order valence-electron chi connectivity index (χ0n) is 12.2. The van der Waals surface area contributed by atoms with Crippen LogP contribution < -0.4 is 11.3 Å². The molecular weight excluding hydrogens is 260 g/mol. The van der Waals surface area contributed by atoms with Crippen LogP contribution in [0.2, 0.25) is 0 Å². The van der Waals surface area contributed by atoms with Crippen molar-refractivity contribution in [3.8, 4) is 0 Å². The molecule has 0 aliphatic heterocycles. The fourth-order valence-corrected chi connectivity index (χ4v) is 2.61. The van der Waals surface area contributed by atoms with Gasteiger partial charge in [-0.1, -0.05) is 24.3 Å². The third-order valence-corrected chi connectivity index (χ3v) is 3.64. The number of benzene rings is 1. The van der Waals surface area contributed by atoms with Crippen LogP contribution in [0.3, 0.4) is 0 Å². The van der Waals surface area contributed by atoms with Crippen LogP contribution in [0.15, 0.2) is 48.8 Å². The Kier molecular flexibility index (Phi) is 3.64. The predicted molar refractivity (Wildman–Crippen MR) is 84.6 cm³/mol. The molecule has 0 amide bonds. The zero-order chi connectivity index (χ0) is 14.8. The number of pyridine rings is 2. The molecule has 0 spiro atoms. The third kappa shape index (κ3) is 2.63. The summed E-state index contributed by atoms with van der Waals surface area (Å²) in [6, 6.07) is 12.1. The number of fused-ring (bicyclic) bond motifs is 1. The Morgan fingerprint density at radius 3 is 2.62 bits per heavy atom. The van der Waals surface area contributed by atoms with E-state index in [1.165, 1.54) is 0 Å². The van der Waals surface area contributed by atoms with Gasteiger partial charge in [-0.15, -0.1) is 0 Å². The highest BCUT2D eigenvalue weighted by molar-refractivity contribution is 5.78. The maximum absolute atomic E-state index is 5.77. The topological polar surface area (TPSA) is 63.8 Å². The minimum atomic E-state index is -0.164. The molecule has 3 N–H and O–H groups in total. The van der Waals surface area contributed by atoms with Gasteiger partial charge in [0.1, 0.15) is 0 Å². The van der Waals surface area contributed by atoms with Crippen molar-refractivity contribution in [2.45, 2.75) is 19.9 Å². The lowest BCUT2D eigenvalue weighted by atomic mass is 10.00. The van der Waals surface area contributed by atoms with E-state index in [1.54, 1.807) is 0 Å². The second kappa shape index (κ2) is 5.60. The zero-order valence-corrected chi connectivity index (χ0v) is 12.2. The van der Waals surface area contributed by atoms with Crippen molar-refractivity contribution < 1.29 is 0 Å². The van der Waals surface area contributed by atoms with Crippen molar-refractivity contribution in [1.29, 1.82) is 0 Å². The van der Waals surface area contributed by atoms with Crippen LogP contribution in [-0.2, 0) is 0 Å².